The van der Waals surface area contributed by atoms with Crippen molar-refractivity contribution in [2.24, 2.45) is 0 Å². The second-order valence-corrected chi connectivity index (χ2v) is 5.25. The van der Waals surface area contributed by atoms with Crippen LogP contribution in [-0.4, -0.2) is 12.1 Å². The molecule has 2 N–H and O–H groups in total. The summed E-state index contributed by atoms with van der Waals surface area (Å²) >= 11 is 1.63. The Morgan fingerprint density at radius 1 is 0.950 bits per heavy atom. The van der Waals surface area contributed by atoms with Crippen molar-refractivity contribution in [3.63, 3.8) is 0 Å². The molecule has 3 rings (SSSR count). The number of methoxy groups -OCH3 is 1. The van der Waals surface area contributed by atoms with Gasteiger partial charge in [0.25, 0.3) is 0 Å². The van der Waals surface area contributed by atoms with Crippen LogP contribution in [0.25, 0.3) is 21.8 Å². The maximum atomic E-state index is 5.70. The molecular weight excluding hydrogens is 268 g/mol. The molecule has 0 radical (unpaired) electrons. The summed E-state index contributed by atoms with van der Waals surface area (Å²) in [5.41, 5.74) is 9.61. The molecule has 0 atom stereocenters. The molecule has 0 saturated carbocycles. The highest BCUT2D eigenvalue weighted by molar-refractivity contribution is 7.13. The molecule has 0 bridgehead atoms. The van der Waals surface area contributed by atoms with Gasteiger partial charge in [-0.3, -0.25) is 0 Å². The summed E-state index contributed by atoms with van der Waals surface area (Å²) in [5, 5.41) is 3.06. The van der Waals surface area contributed by atoms with Gasteiger partial charge < -0.3 is 10.5 Å². The van der Waals surface area contributed by atoms with E-state index in [4.69, 9.17) is 10.5 Å². The molecule has 20 heavy (non-hydrogen) atoms. The van der Waals surface area contributed by atoms with Crippen molar-refractivity contribution >= 4 is 17.0 Å². The predicted molar refractivity (Wildman–Crippen MR) is 84.0 cm³/mol. The smallest absolute Gasteiger partial charge is 0.124 e. The molecule has 0 amide bonds. The number of anilines is 1. The van der Waals surface area contributed by atoms with Crippen molar-refractivity contribution in [1.82, 2.24) is 4.98 Å². The molecule has 2 aromatic carbocycles. The summed E-state index contributed by atoms with van der Waals surface area (Å²) < 4.78 is 5.16. The number of nitrogens with two attached hydrogens (primary N) is 1. The van der Waals surface area contributed by atoms with Crippen molar-refractivity contribution in [2.45, 2.75) is 0 Å². The number of thiazole rings is 1. The minimum absolute atomic E-state index is 0.763. The largest absolute Gasteiger partial charge is 0.497 e. The number of rotatable bonds is 3. The zero-order valence-electron chi connectivity index (χ0n) is 11.0. The Kier molecular flexibility index (Phi) is 3.39. The third-order valence-electron chi connectivity index (χ3n) is 3.05. The molecule has 3 nitrogen and oxygen atoms in total. The van der Waals surface area contributed by atoms with Gasteiger partial charge in [-0.25, -0.2) is 4.98 Å². The SMILES string of the molecule is COc1ccc(-c2nc(-c3ccc(N)cc3)cs2)cc1. The van der Waals surface area contributed by atoms with E-state index in [0.717, 1.165) is 33.3 Å². The number of hydrogen-bond acceptors (Lipinski definition) is 4. The highest BCUT2D eigenvalue weighted by atomic mass is 32.1. The van der Waals surface area contributed by atoms with Gasteiger partial charge >= 0.3 is 0 Å². The Labute approximate surface area is 121 Å². The number of ether oxygens (including phenoxy) is 1. The minimum Gasteiger partial charge on any atom is -0.497 e. The van der Waals surface area contributed by atoms with Crippen molar-refractivity contribution in [2.75, 3.05) is 12.8 Å². The van der Waals surface area contributed by atoms with Gasteiger partial charge in [0.05, 0.1) is 12.8 Å². The maximum absolute atomic E-state index is 5.70. The lowest BCUT2D eigenvalue weighted by atomic mass is 10.1. The molecule has 1 aromatic heterocycles. The third kappa shape index (κ3) is 2.51. The van der Waals surface area contributed by atoms with Gasteiger partial charge in [-0.1, -0.05) is 12.1 Å². The molecule has 0 aliphatic rings. The second-order valence-electron chi connectivity index (χ2n) is 4.39. The number of hydrogen-bond donors (Lipinski definition) is 1. The first kappa shape index (κ1) is 12.7. The van der Waals surface area contributed by atoms with Gasteiger partial charge in [0.1, 0.15) is 10.8 Å². The van der Waals surface area contributed by atoms with Crippen LogP contribution in [0, 0.1) is 0 Å². The molecule has 0 saturated heterocycles. The van der Waals surface area contributed by atoms with Gasteiger partial charge in [-0.2, -0.15) is 0 Å². The predicted octanol–water partition coefficient (Wildman–Crippen LogP) is 4.07. The Hall–Kier alpha value is -2.33. The molecule has 0 aliphatic carbocycles. The average molecular weight is 282 g/mol. The molecular formula is C16H14N2OS. The standard InChI is InChI=1S/C16H14N2OS/c1-19-14-8-4-12(5-9-14)16-18-15(10-20-16)11-2-6-13(17)7-3-11/h2-10H,17H2,1H3. The maximum Gasteiger partial charge on any atom is 0.124 e. The molecule has 0 aliphatic heterocycles. The van der Waals surface area contributed by atoms with E-state index in [1.165, 1.54) is 0 Å². The second kappa shape index (κ2) is 5.35. The van der Waals surface area contributed by atoms with Crippen molar-refractivity contribution < 1.29 is 4.74 Å². The first-order valence-corrected chi connectivity index (χ1v) is 7.10. The molecule has 4 heteroatoms. The summed E-state index contributed by atoms with van der Waals surface area (Å²) in [6, 6.07) is 15.7. The van der Waals surface area contributed by atoms with Crippen LogP contribution in [0.5, 0.6) is 5.75 Å². The quantitative estimate of drug-likeness (QED) is 0.737. The number of nitrogen functional groups attached to an aromatic ring is 1. The fourth-order valence-electron chi connectivity index (χ4n) is 1.93. The van der Waals surface area contributed by atoms with Crippen LogP contribution in [0.15, 0.2) is 53.9 Å². The van der Waals surface area contributed by atoms with Crippen molar-refractivity contribution in [3.05, 3.63) is 53.9 Å². The Morgan fingerprint density at radius 2 is 1.60 bits per heavy atom. The molecule has 0 unspecified atom stereocenters. The third-order valence-corrected chi connectivity index (χ3v) is 3.94. The normalized spacial score (nSPS) is 10.4. The lowest BCUT2D eigenvalue weighted by Crippen LogP contribution is -1.84. The van der Waals surface area contributed by atoms with Crippen LogP contribution in [0.3, 0.4) is 0 Å². The first-order chi connectivity index (χ1) is 9.76. The van der Waals surface area contributed by atoms with E-state index in [9.17, 15) is 0 Å². The highest BCUT2D eigenvalue weighted by Crippen LogP contribution is 2.30. The van der Waals surface area contributed by atoms with Crippen LogP contribution in [0.2, 0.25) is 0 Å². The first-order valence-electron chi connectivity index (χ1n) is 6.22. The Morgan fingerprint density at radius 3 is 2.25 bits per heavy atom. The molecule has 3 aromatic rings. The van der Waals surface area contributed by atoms with E-state index in [2.05, 4.69) is 10.4 Å². The van der Waals surface area contributed by atoms with E-state index >= 15 is 0 Å². The van der Waals surface area contributed by atoms with E-state index < -0.39 is 0 Å². The average Bonchev–Trinajstić information content (AvgIpc) is 2.98. The van der Waals surface area contributed by atoms with E-state index in [-0.39, 0.29) is 0 Å². The summed E-state index contributed by atoms with van der Waals surface area (Å²) in [6.07, 6.45) is 0. The van der Waals surface area contributed by atoms with Gasteiger partial charge in [0, 0.05) is 22.2 Å². The van der Waals surface area contributed by atoms with Gasteiger partial charge in [0.2, 0.25) is 0 Å². The molecule has 0 fully saturated rings. The van der Waals surface area contributed by atoms with Crippen LogP contribution in [0.1, 0.15) is 0 Å². The summed E-state index contributed by atoms with van der Waals surface area (Å²) in [6.45, 7) is 0. The van der Waals surface area contributed by atoms with E-state index in [1.807, 2.05) is 48.5 Å². The van der Waals surface area contributed by atoms with Crippen LogP contribution >= 0.6 is 11.3 Å². The molecule has 0 spiro atoms. The zero-order valence-corrected chi connectivity index (χ0v) is 11.9. The highest BCUT2D eigenvalue weighted by Gasteiger charge is 2.06. The van der Waals surface area contributed by atoms with Crippen molar-refractivity contribution in [1.29, 1.82) is 0 Å². The van der Waals surface area contributed by atoms with Gasteiger partial charge in [-0.05, 0) is 36.4 Å². The summed E-state index contributed by atoms with van der Waals surface area (Å²) in [7, 11) is 1.66. The Balaban J connectivity index is 1.91. The van der Waals surface area contributed by atoms with E-state index in [1.54, 1.807) is 18.4 Å². The number of nitrogens with zero attached hydrogens (tertiary/aromatic N) is 1. The monoisotopic (exact) mass is 282 g/mol. The molecule has 1 heterocycles. The lowest BCUT2D eigenvalue weighted by molar-refractivity contribution is 0.415. The van der Waals surface area contributed by atoms with Gasteiger partial charge in [0.15, 0.2) is 0 Å². The van der Waals surface area contributed by atoms with Gasteiger partial charge in [-0.15, -0.1) is 11.3 Å². The number of aromatic nitrogens is 1. The summed E-state index contributed by atoms with van der Waals surface area (Å²) in [4.78, 5) is 4.67. The fourth-order valence-corrected chi connectivity index (χ4v) is 2.76. The minimum atomic E-state index is 0.763. The van der Waals surface area contributed by atoms with Crippen LogP contribution in [0.4, 0.5) is 5.69 Å². The van der Waals surface area contributed by atoms with Crippen molar-refractivity contribution in [3.8, 4) is 27.6 Å². The summed E-state index contributed by atoms with van der Waals surface area (Å²) in [5.74, 6) is 0.851. The van der Waals surface area contributed by atoms with Crippen LogP contribution < -0.4 is 10.5 Å². The van der Waals surface area contributed by atoms with E-state index in [0.29, 0.717) is 0 Å². The molecule has 100 valence electrons. The topological polar surface area (TPSA) is 48.1 Å². The Bertz CT molecular complexity index is 702. The lowest BCUT2D eigenvalue weighted by Gasteiger charge is -2.00. The fraction of sp³-hybridized carbons (Fsp3) is 0.0625. The zero-order chi connectivity index (χ0) is 13.9. The number of benzene rings is 2. The van der Waals surface area contributed by atoms with Crippen LogP contribution in [-0.2, 0) is 0 Å².